The molecule has 1 aromatic carbocycles. The number of hydrogen-bond acceptors (Lipinski definition) is 3. The number of benzene rings is 1. The first-order valence-electron chi connectivity index (χ1n) is 5.25. The Morgan fingerprint density at radius 1 is 1.38 bits per heavy atom. The fraction of sp³-hybridized carbons (Fsp3) is 0.273. The van der Waals surface area contributed by atoms with E-state index < -0.39 is 0 Å². The summed E-state index contributed by atoms with van der Waals surface area (Å²) >= 11 is 0. The monoisotopic (exact) mass is 217 g/mol. The highest BCUT2D eigenvalue weighted by Crippen LogP contribution is 2.30. The molecule has 2 N–H and O–H groups in total. The minimum Gasteiger partial charge on any atom is -0.352 e. The number of nitrogens with one attached hydrogen (secondary N) is 2. The average Bonchev–Trinajstić information content (AvgIpc) is 2.67. The number of para-hydroxylation sites is 1. The molecule has 0 fully saturated rings. The highest BCUT2D eigenvalue weighted by molar-refractivity contribution is 5.91. The Morgan fingerprint density at radius 2 is 2.25 bits per heavy atom. The summed E-state index contributed by atoms with van der Waals surface area (Å²) in [7, 11) is 0. The number of H-pyrrole nitrogens is 1. The van der Waals surface area contributed by atoms with Crippen molar-refractivity contribution in [2.24, 2.45) is 0 Å². The third-order valence-corrected chi connectivity index (χ3v) is 3.06. The van der Waals surface area contributed by atoms with Gasteiger partial charge in [0.1, 0.15) is 5.52 Å². The summed E-state index contributed by atoms with van der Waals surface area (Å²) in [4.78, 5) is 13.7. The van der Waals surface area contributed by atoms with E-state index in [0.717, 1.165) is 30.6 Å². The van der Waals surface area contributed by atoms with Crippen LogP contribution >= 0.6 is 0 Å². The van der Waals surface area contributed by atoms with Crippen molar-refractivity contribution in [3.63, 3.8) is 0 Å². The smallest absolute Gasteiger partial charge is 0.293 e. The van der Waals surface area contributed by atoms with Crippen LogP contribution in [0.4, 0.5) is 5.69 Å². The van der Waals surface area contributed by atoms with E-state index in [9.17, 15) is 10.1 Å². The number of aromatic nitrogens is 1. The molecule has 1 aliphatic rings. The van der Waals surface area contributed by atoms with E-state index in [1.54, 1.807) is 6.07 Å². The second-order valence-electron chi connectivity index (χ2n) is 3.97. The van der Waals surface area contributed by atoms with Crippen LogP contribution < -0.4 is 5.32 Å². The molecule has 0 spiro atoms. The van der Waals surface area contributed by atoms with Gasteiger partial charge in [0, 0.05) is 36.7 Å². The molecule has 0 bridgehead atoms. The van der Waals surface area contributed by atoms with Gasteiger partial charge in [0.2, 0.25) is 0 Å². The van der Waals surface area contributed by atoms with Gasteiger partial charge >= 0.3 is 0 Å². The molecule has 0 atom stereocenters. The molecule has 0 amide bonds. The second-order valence-corrected chi connectivity index (χ2v) is 3.97. The van der Waals surface area contributed by atoms with Gasteiger partial charge in [-0.15, -0.1) is 0 Å². The Morgan fingerprint density at radius 3 is 3.06 bits per heavy atom. The van der Waals surface area contributed by atoms with Gasteiger partial charge < -0.3 is 10.3 Å². The molecule has 0 saturated heterocycles. The van der Waals surface area contributed by atoms with Crippen LogP contribution in [0.25, 0.3) is 10.9 Å². The molecule has 1 aromatic heterocycles. The van der Waals surface area contributed by atoms with Gasteiger partial charge in [-0.05, 0) is 5.56 Å². The van der Waals surface area contributed by atoms with Crippen molar-refractivity contribution in [1.29, 1.82) is 0 Å². The Labute approximate surface area is 91.6 Å². The largest absolute Gasteiger partial charge is 0.352 e. The molecule has 5 nitrogen and oxygen atoms in total. The molecule has 16 heavy (non-hydrogen) atoms. The first kappa shape index (κ1) is 9.35. The van der Waals surface area contributed by atoms with E-state index in [-0.39, 0.29) is 10.6 Å². The van der Waals surface area contributed by atoms with Crippen molar-refractivity contribution in [1.82, 2.24) is 10.3 Å². The van der Waals surface area contributed by atoms with Gasteiger partial charge in [0.05, 0.1) is 4.92 Å². The Balaban J connectivity index is 2.33. The van der Waals surface area contributed by atoms with Crippen molar-refractivity contribution >= 4 is 16.6 Å². The second kappa shape index (κ2) is 3.31. The summed E-state index contributed by atoms with van der Waals surface area (Å²) in [5, 5.41) is 15.1. The van der Waals surface area contributed by atoms with Crippen molar-refractivity contribution in [2.75, 3.05) is 6.54 Å². The molecule has 5 heteroatoms. The Kier molecular flexibility index (Phi) is 1.94. The molecule has 3 rings (SSSR count). The van der Waals surface area contributed by atoms with Crippen molar-refractivity contribution in [2.45, 2.75) is 13.0 Å². The van der Waals surface area contributed by atoms with Crippen LogP contribution in [0, 0.1) is 10.1 Å². The quantitative estimate of drug-likeness (QED) is 0.564. The summed E-state index contributed by atoms with van der Waals surface area (Å²) in [5.41, 5.74) is 3.11. The topological polar surface area (TPSA) is 71.0 Å². The van der Waals surface area contributed by atoms with Gasteiger partial charge in [-0.2, -0.15) is 0 Å². The fourth-order valence-electron chi connectivity index (χ4n) is 2.31. The van der Waals surface area contributed by atoms with E-state index in [1.165, 1.54) is 11.6 Å². The molecule has 1 aliphatic heterocycles. The van der Waals surface area contributed by atoms with Gasteiger partial charge in [-0.3, -0.25) is 10.1 Å². The third kappa shape index (κ3) is 1.22. The minimum absolute atomic E-state index is 0.159. The maximum Gasteiger partial charge on any atom is 0.293 e. The van der Waals surface area contributed by atoms with Gasteiger partial charge in [-0.25, -0.2) is 0 Å². The molecule has 0 unspecified atom stereocenters. The molecule has 0 radical (unpaired) electrons. The number of aromatic amines is 1. The lowest BCUT2D eigenvalue weighted by Crippen LogP contribution is -2.22. The zero-order valence-corrected chi connectivity index (χ0v) is 8.62. The number of fused-ring (bicyclic) bond motifs is 3. The van der Waals surface area contributed by atoms with Crippen molar-refractivity contribution < 1.29 is 4.92 Å². The summed E-state index contributed by atoms with van der Waals surface area (Å²) in [6, 6.07) is 5.21. The van der Waals surface area contributed by atoms with E-state index in [2.05, 4.69) is 10.3 Å². The number of hydrogen-bond donors (Lipinski definition) is 2. The minimum atomic E-state index is -0.336. The summed E-state index contributed by atoms with van der Waals surface area (Å²) in [6.07, 6.45) is 0.904. The molecular formula is C11H11N3O2. The average molecular weight is 217 g/mol. The zero-order valence-electron chi connectivity index (χ0n) is 8.62. The van der Waals surface area contributed by atoms with Crippen LogP contribution in [0.1, 0.15) is 11.3 Å². The summed E-state index contributed by atoms with van der Waals surface area (Å²) < 4.78 is 0. The van der Waals surface area contributed by atoms with Crippen LogP contribution in [0.15, 0.2) is 18.2 Å². The highest BCUT2D eigenvalue weighted by atomic mass is 16.6. The molecule has 0 aliphatic carbocycles. The lowest BCUT2D eigenvalue weighted by atomic mass is 10.1. The molecule has 82 valence electrons. The predicted octanol–water partition coefficient (Wildman–Crippen LogP) is 1.72. The molecule has 2 heterocycles. The van der Waals surface area contributed by atoms with Crippen molar-refractivity contribution in [3.05, 3.63) is 39.6 Å². The van der Waals surface area contributed by atoms with Gasteiger partial charge in [0.15, 0.2) is 0 Å². The fourth-order valence-corrected chi connectivity index (χ4v) is 2.31. The number of nitro groups is 1. The van der Waals surface area contributed by atoms with Crippen molar-refractivity contribution in [3.8, 4) is 0 Å². The van der Waals surface area contributed by atoms with Crippen LogP contribution in [0.5, 0.6) is 0 Å². The van der Waals surface area contributed by atoms with Gasteiger partial charge in [-0.1, -0.05) is 12.1 Å². The van der Waals surface area contributed by atoms with Crippen LogP contribution in [0.2, 0.25) is 0 Å². The first-order valence-corrected chi connectivity index (χ1v) is 5.25. The standard InChI is InChI=1S/C11H11N3O2/c15-14(16)10-3-1-2-7-8-6-12-5-4-9(8)13-11(7)10/h1-3,12-13H,4-6H2. The highest BCUT2D eigenvalue weighted by Gasteiger charge is 2.20. The van der Waals surface area contributed by atoms with E-state index in [4.69, 9.17) is 0 Å². The number of rotatable bonds is 1. The van der Waals surface area contributed by atoms with Crippen LogP contribution in [0.3, 0.4) is 0 Å². The van der Waals surface area contributed by atoms with E-state index >= 15 is 0 Å². The number of nitro benzene ring substituents is 1. The molecule has 2 aromatic rings. The lowest BCUT2D eigenvalue weighted by molar-refractivity contribution is -0.383. The predicted molar refractivity (Wildman–Crippen MR) is 60.4 cm³/mol. The summed E-state index contributed by atoms with van der Waals surface area (Å²) in [6.45, 7) is 1.71. The summed E-state index contributed by atoms with van der Waals surface area (Å²) in [5.74, 6) is 0. The molecular weight excluding hydrogens is 206 g/mol. The van der Waals surface area contributed by atoms with Crippen LogP contribution in [-0.2, 0) is 13.0 Å². The zero-order chi connectivity index (χ0) is 11.1. The first-order chi connectivity index (χ1) is 7.77. The van der Waals surface area contributed by atoms with Crippen LogP contribution in [-0.4, -0.2) is 16.5 Å². The maximum atomic E-state index is 10.9. The Bertz CT molecular complexity index is 574. The Hall–Kier alpha value is -1.88. The SMILES string of the molecule is O=[N+]([O-])c1cccc2c3c([nH]c12)CCNC3. The maximum absolute atomic E-state index is 10.9. The lowest BCUT2D eigenvalue weighted by Gasteiger charge is -2.12. The van der Waals surface area contributed by atoms with Gasteiger partial charge in [0.25, 0.3) is 5.69 Å². The third-order valence-electron chi connectivity index (χ3n) is 3.06. The molecule has 0 saturated carbocycles. The number of non-ortho nitro benzene ring substituents is 1. The number of nitrogens with zero attached hydrogens (tertiary/aromatic N) is 1. The van der Waals surface area contributed by atoms with E-state index in [0.29, 0.717) is 5.52 Å². The normalized spacial score (nSPS) is 15.0. The van der Waals surface area contributed by atoms with E-state index in [1.807, 2.05) is 6.07 Å².